The number of rotatable bonds is 6. The molecule has 3 aliphatic heterocycles. The van der Waals surface area contributed by atoms with Crippen molar-refractivity contribution in [2.75, 3.05) is 32.7 Å². The third-order valence-electron chi connectivity index (χ3n) is 5.62. The Bertz CT molecular complexity index is 418. The first kappa shape index (κ1) is 18.0. The molecule has 5 heteroatoms. The van der Waals surface area contributed by atoms with E-state index in [1.165, 1.54) is 38.9 Å². The predicted octanol–water partition coefficient (Wildman–Crippen LogP) is 2.23. The molecule has 3 fully saturated rings. The standard InChI is InChI=1S/C19H36N4O/c1-4-20-19(22-17-11-16-6-7-18(17)24-16)21-8-5-9-23-12-14(2)10-15(3)13-23/h14-18H,4-13H2,1-3H3,(H2,20,21,22). The van der Waals surface area contributed by atoms with E-state index in [1.54, 1.807) is 0 Å². The van der Waals surface area contributed by atoms with Crippen molar-refractivity contribution in [3.63, 3.8) is 0 Å². The lowest BCUT2D eigenvalue weighted by atomic mass is 9.92. The van der Waals surface area contributed by atoms with Crippen LogP contribution in [0.5, 0.6) is 0 Å². The van der Waals surface area contributed by atoms with Crippen molar-refractivity contribution in [1.29, 1.82) is 0 Å². The van der Waals surface area contributed by atoms with Gasteiger partial charge in [0.1, 0.15) is 0 Å². The fourth-order valence-corrected chi connectivity index (χ4v) is 4.75. The molecule has 0 saturated carbocycles. The molecule has 2 bridgehead atoms. The molecule has 5 nitrogen and oxygen atoms in total. The van der Waals surface area contributed by atoms with Crippen molar-refractivity contribution >= 4 is 5.96 Å². The highest BCUT2D eigenvalue weighted by Crippen LogP contribution is 2.34. The smallest absolute Gasteiger partial charge is 0.191 e. The highest BCUT2D eigenvalue weighted by molar-refractivity contribution is 5.80. The van der Waals surface area contributed by atoms with Crippen LogP contribution in [-0.2, 0) is 4.74 Å². The van der Waals surface area contributed by atoms with Crippen molar-refractivity contribution in [3.8, 4) is 0 Å². The van der Waals surface area contributed by atoms with Gasteiger partial charge < -0.3 is 20.3 Å². The number of hydrogen-bond donors (Lipinski definition) is 2. The second kappa shape index (κ2) is 8.52. The summed E-state index contributed by atoms with van der Waals surface area (Å²) in [6, 6.07) is 0.449. The highest BCUT2D eigenvalue weighted by atomic mass is 16.5. The maximum Gasteiger partial charge on any atom is 0.191 e. The minimum Gasteiger partial charge on any atom is -0.373 e. The van der Waals surface area contributed by atoms with Crippen LogP contribution in [0, 0.1) is 11.8 Å². The third-order valence-corrected chi connectivity index (χ3v) is 5.62. The summed E-state index contributed by atoms with van der Waals surface area (Å²) in [5.74, 6) is 2.65. The molecule has 0 radical (unpaired) electrons. The Balaban J connectivity index is 1.40. The second-order valence-electron chi connectivity index (χ2n) is 8.18. The van der Waals surface area contributed by atoms with Crippen LogP contribution < -0.4 is 10.6 Å². The SMILES string of the molecule is CCNC(=NCCCN1CC(C)CC(C)C1)NC1CC2CCC1O2. The van der Waals surface area contributed by atoms with E-state index >= 15 is 0 Å². The number of hydrogen-bond acceptors (Lipinski definition) is 3. The average Bonchev–Trinajstić information content (AvgIpc) is 3.13. The molecular formula is C19H36N4O. The van der Waals surface area contributed by atoms with Crippen LogP contribution in [-0.4, -0.2) is 61.8 Å². The molecule has 0 aliphatic carbocycles. The number of ether oxygens (including phenoxy) is 1. The Morgan fingerprint density at radius 3 is 2.58 bits per heavy atom. The van der Waals surface area contributed by atoms with E-state index in [0.717, 1.165) is 43.7 Å². The van der Waals surface area contributed by atoms with Gasteiger partial charge in [-0.3, -0.25) is 4.99 Å². The maximum atomic E-state index is 5.94. The highest BCUT2D eigenvalue weighted by Gasteiger charge is 2.41. The first-order chi connectivity index (χ1) is 11.6. The van der Waals surface area contributed by atoms with Crippen LogP contribution in [0.2, 0.25) is 0 Å². The molecule has 0 aromatic rings. The van der Waals surface area contributed by atoms with Gasteiger partial charge in [-0.25, -0.2) is 0 Å². The summed E-state index contributed by atoms with van der Waals surface area (Å²) in [5, 5.41) is 6.99. The first-order valence-corrected chi connectivity index (χ1v) is 10.1. The van der Waals surface area contributed by atoms with Gasteiger partial charge in [0.15, 0.2) is 5.96 Å². The van der Waals surface area contributed by atoms with Gasteiger partial charge >= 0.3 is 0 Å². The number of nitrogens with one attached hydrogen (secondary N) is 2. The summed E-state index contributed by atoms with van der Waals surface area (Å²) < 4.78 is 5.94. The van der Waals surface area contributed by atoms with Crippen LogP contribution in [0.1, 0.15) is 52.9 Å². The first-order valence-electron chi connectivity index (χ1n) is 10.1. The molecule has 5 atom stereocenters. The molecule has 3 aliphatic rings. The summed E-state index contributed by atoms with van der Waals surface area (Å²) in [5.41, 5.74) is 0. The summed E-state index contributed by atoms with van der Waals surface area (Å²) in [6.07, 6.45) is 6.99. The monoisotopic (exact) mass is 336 g/mol. The molecule has 0 amide bonds. The zero-order valence-electron chi connectivity index (χ0n) is 15.8. The van der Waals surface area contributed by atoms with Gasteiger partial charge in [0.25, 0.3) is 0 Å². The topological polar surface area (TPSA) is 48.9 Å². The van der Waals surface area contributed by atoms with E-state index < -0.39 is 0 Å². The molecule has 2 N–H and O–H groups in total. The van der Waals surface area contributed by atoms with E-state index in [0.29, 0.717) is 18.2 Å². The second-order valence-corrected chi connectivity index (χ2v) is 8.18. The number of nitrogens with zero attached hydrogens (tertiary/aromatic N) is 2. The van der Waals surface area contributed by atoms with Crippen molar-refractivity contribution in [2.45, 2.75) is 71.1 Å². The van der Waals surface area contributed by atoms with Gasteiger partial charge in [0.2, 0.25) is 0 Å². The van der Waals surface area contributed by atoms with Gasteiger partial charge in [-0.1, -0.05) is 13.8 Å². The molecule has 3 heterocycles. The number of aliphatic imine (C=N–C) groups is 1. The molecule has 3 rings (SSSR count). The van der Waals surface area contributed by atoms with Crippen molar-refractivity contribution in [1.82, 2.24) is 15.5 Å². The number of fused-ring (bicyclic) bond motifs is 2. The lowest BCUT2D eigenvalue weighted by molar-refractivity contribution is 0.0992. The number of guanidine groups is 1. The molecule has 0 aromatic carbocycles. The Morgan fingerprint density at radius 2 is 1.96 bits per heavy atom. The lowest BCUT2D eigenvalue weighted by Crippen LogP contribution is -2.47. The molecule has 138 valence electrons. The molecule has 0 aromatic heterocycles. The normalized spacial score (nSPS) is 37.0. The van der Waals surface area contributed by atoms with Crippen LogP contribution in [0.3, 0.4) is 0 Å². The third kappa shape index (κ3) is 4.85. The Morgan fingerprint density at radius 1 is 1.17 bits per heavy atom. The number of piperidine rings is 1. The summed E-state index contributed by atoms with van der Waals surface area (Å²) >= 11 is 0. The molecule has 5 unspecified atom stereocenters. The van der Waals surface area contributed by atoms with E-state index in [-0.39, 0.29) is 0 Å². The Kier molecular flexibility index (Phi) is 6.39. The quantitative estimate of drug-likeness (QED) is 0.444. The van der Waals surface area contributed by atoms with Crippen LogP contribution in [0.4, 0.5) is 0 Å². The van der Waals surface area contributed by atoms with E-state index in [4.69, 9.17) is 9.73 Å². The molecule has 3 saturated heterocycles. The molecule has 24 heavy (non-hydrogen) atoms. The van der Waals surface area contributed by atoms with Gasteiger partial charge in [-0.05, 0) is 57.4 Å². The molecular weight excluding hydrogens is 300 g/mol. The van der Waals surface area contributed by atoms with E-state index in [9.17, 15) is 0 Å². The van der Waals surface area contributed by atoms with Crippen molar-refractivity contribution in [2.24, 2.45) is 16.8 Å². The minimum atomic E-state index is 0.398. The zero-order chi connectivity index (χ0) is 16.9. The van der Waals surface area contributed by atoms with Crippen molar-refractivity contribution in [3.05, 3.63) is 0 Å². The van der Waals surface area contributed by atoms with E-state index in [1.807, 2.05) is 0 Å². The molecule has 0 spiro atoms. The predicted molar refractivity (Wildman–Crippen MR) is 99.4 cm³/mol. The Hall–Kier alpha value is -0.810. The number of likely N-dealkylation sites (tertiary alicyclic amines) is 1. The van der Waals surface area contributed by atoms with Gasteiger partial charge in [0.05, 0.1) is 18.2 Å². The Labute approximate surface area is 147 Å². The summed E-state index contributed by atoms with van der Waals surface area (Å²) in [6.45, 7) is 12.4. The van der Waals surface area contributed by atoms with Crippen LogP contribution in [0.15, 0.2) is 4.99 Å². The largest absolute Gasteiger partial charge is 0.373 e. The van der Waals surface area contributed by atoms with Gasteiger partial charge in [0, 0.05) is 26.2 Å². The zero-order valence-corrected chi connectivity index (χ0v) is 15.8. The lowest BCUT2D eigenvalue weighted by Gasteiger charge is -2.34. The maximum absolute atomic E-state index is 5.94. The van der Waals surface area contributed by atoms with Crippen molar-refractivity contribution < 1.29 is 4.74 Å². The van der Waals surface area contributed by atoms with Gasteiger partial charge in [-0.2, -0.15) is 0 Å². The average molecular weight is 337 g/mol. The summed E-state index contributed by atoms with van der Waals surface area (Å²) in [7, 11) is 0. The van der Waals surface area contributed by atoms with E-state index in [2.05, 4.69) is 36.3 Å². The van der Waals surface area contributed by atoms with Crippen LogP contribution in [0.25, 0.3) is 0 Å². The fourth-order valence-electron chi connectivity index (χ4n) is 4.75. The minimum absolute atomic E-state index is 0.398. The fraction of sp³-hybridized carbons (Fsp3) is 0.947. The van der Waals surface area contributed by atoms with Gasteiger partial charge in [-0.15, -0.1) is 0 Å². The van der Waals surface area contributed by atoms with Crippen LogP contribution >= 0.6 is 0 Å². The summed E-state index contributed by atoms with van der Waals surface area (Å²) in [4.78, 5) is 7.42.